The quantitative estimate of drug-likeness (QED) is 0.653. The number of benzene rings is 1. The average Bonchev–Trinajstić information content (AvgIpc) is 3.05. The zero-order valence-corrected chi connectivity index (χ0v) is 17.9. The first-order valence-electron chi connectivity index (χ1n) is 9.06. The second-order valence-electron chi connectivity index (χ2n) is 7.18. The summed E-state index contributed by atoms with van der Waals surface area (Å²) in [5.41, 5.74) is 0.179. The fourth-order valence-electron chi connectivity index (χ4n) is 3.14. The van der Waals surface area contributed by atoms with E-state index in [1.165, 1.54) is 17.0 Å². The maximum Gasteiger partial charge on any atom is 0.308 e. The van der Waals surface area contributed by atoms with E-state index in [2.05, 4.69) is 26.2 Å². The summed E-state index contributed by atoms with van der Waals surface area (Å²) < 4.78 is 7.42. The minimum Gasteiger partial charge on any atom is -0.460 e. The predicted molar refractivity (Wildman–Crippen MR) is 109 cm³/mol. The third-order valence-electron chi connectivity index (χ3n) is 4.68. The van der Waals surface area contributed by atoms with Gasteiger partial charge in [0.15, 0.2) is 5.78 Å². The molecule has 0 radical (unpaired) electrons. The van der Waals surface area contributed by atoms with E-state index in [9.17, 15) is 14.4 Å². The van der Waals surface area contributed by atoms with Gasteiger partial charge in [-0.1, -0.05) is 25.4 Å². The summed E-state index contributed by atoms with van der Waals surface area (Å²) in [6, 6.07) is 2.96. The van der Waals surface area contributed by atoms with Gasteiger partial charge in [-0.2, -0.15) is 0 Å². The number of hydrogen-bond donors (Lipinski definition) is 1. The van der Waals surface area contributed by atoms with Crippen molar-refractivity contribution in [1.82, 2.24) is 14.9 Å². The molecule has 2 heterocycles. The molecule has 9 heteroatoms. The van der Waals surface area contributed by atoms with Crippen LogP contribution >= 0.6 is 27.5 Å². The molecule has 1 aliphatic heterocycles. The van der Waals surface area contributed by atoms with Crippen molar-refractivity contribution in [1.29, 1.82) is 0 Å². The molecule has 2 atom stereocenters. The zero-order chi connectivity index (χ0) is 20.4. The molecule has 1 fully saturated rings. The maximum absolute atomic E-state index is 12.7. The normalized spacial score (nSPS) is 19.3. The predicted octanol–water partition coefficient (Wildman–Crippen LogP) is 2.70. The number of ether oxygens (including phenoxy) is 1. The molecule has 1 aliphatic rings. The largest absolute Gasteiger partial charge is 0.460 e. The number of nitrogens with one attached hydrogen (secondary N) is 1. The van der Waals surface area contributed by atoms with Crippen molar-refractivity contribution in [2.75, 3.05) is 6.54 Å². The second kappa shape index (κ2) is 8.71. The average molecular weight is 471 g/mol. The van der Waals surface area contributed by atoms with Gasteiger partial charge in [0.05, 0.1) is 40.8 Å². The Morgan fingerprint density at radius 1 is 1.43 bits per heavy atom. The van der Waals surface area contributed by atoms with E-state index in [1.54, 1.807) is 19.9 Å². The van der Waals surface area contributed by atoms with Crippen LogP contribution in [0.15, 0.2) is 27.7 Å². The summed E-state index contributed by atoms with van der Waals surface area (Å²) in [5, 5.41) is 3.96. The highest BCUT2D eigenvalue weighted by Crippen LogP contribution is 2.25. The molecule has 2 aromatic rings. The molecule has 0 spiro atoms. The van der Waals surface area contributed by atoms with Crippen molar-refractivity contribution >= 4 is 50.2 Å². The van der Waals surface area contributed by atoms with Gasteiger partial charge in [0.25, 0.3) is 5.56 Å². The third-order valence-corrected chi connectivity index (χ3v) is 5.88. The maximum atomic E-state index is 12.7. The summed E-state index contributed by atoms with van der Waals surface area (Å²) in [5.74, 6) is -0.633. The van der Waals surface area contributed by atoms with Gasteiger partial charge in [-0.15, -0.1) is 0 Å². The zero-order valence-electron chi connectivity index (χ0n) is 15.6. The topological polar surface area (TPSA) is 90.3 Å². The van der Waals surface area contributed by atoms with E-state index in [0.29, 0.717) is 33.4 Å². The molecule has 0 amide bonds. The lowest BCUT2D eigenvalue weighted by atomic mass is 10.1. The molecule has 0 bridgehead atoms. The first-order chi connectivity index (χ1) is 13.3. The first kappa shape index (κ1) is 21.0. The van der Waals surface area contributed by atoms with Crippen LogP contribution in [0.2, 0.25) is 5.02 Å². The highest BCUT2D eigenvalue weighted by molar-refractivity contribution is 9.10. The van der Waals surface area contributed by atoms with Gasteiger partial charge in [-0.25, -0.2) is 4.98 Å². The number of hydrogen-bond acceptors (Lipinski definition) is 6. The SMILES string of the molecule is CC(C)C(=O)OC1CCNC1CC(=O)Cn1cnc2cc(Br)c(Cl)cc2c1=O. The number of ketones is 1. The van der Waals surface area contributed by atoms with E-state index in [-0.39, 0.29) is 48.3 Å². The molecule has 1 aromatic heterocycles. The Balaban J connectivity index is 1.71. The molecule has 0 aliphatic carbocycles. The standard InChI is InChI=1S/C19H21BrClN3O4/c1-10(2)19(27)28-17-3-4-22-16(17)5-11(25)8-24-9-23-15-7-13(20)14(21)6-12(15)18(24)26/h6-7,9-10,16-17,22H,3-5,8H2,1-2H3. The fourth-order valence-corrected chi connectivity index (χ4v) is 3.63. The van der Waals surface area contributed by atoms with E-state index < -0.39 is 0 Å². The number of Topliss-reactive ketones (excluding diaryl/α,β-unsaturated/α-hetero) is 1. The Kier molecular flexibility index (Phi) is 6.52. The van der Waals surface area contributed by atoms with Gasteiger partial charge in [-0.3, -0.25) is 19.0 Å². The van der Waals surface area contributed by atoms with Crippen LogP contribution in [-0.4, -0.2) is 40.0 Å². The minimum absolute atomic E-state index is 0.0987. The summed E-state index contributed by atoms with van der Waals surface area (Å²) in [6.45, 7) is 4.13. The van der Waals surface area contributed by atoms with Crippen LogP contribution in [0.4, 0.5) is 0 Å². The van der Waals surface area contributed by atoms with E-state index in [0.717, 1.165) is 0 Å². The Bertz CT molecular complexity index is 976. The van der Waals surface area contributed by atoms with Crippen LogP contribution in [0.25, 0.3) is 10.9 Å². The Morgan fingerprint density at radius 2 is 2.18 bits per heavy atom. The van der Waals surface area contributed by atoms with Crippen molar-refractivity contribution in [3.8, 4) is 0 Å². The molecule has 7 nitrogen and oxygen atoms in total. The number of aromatic nitrogens is 2. The number of halogens is 2. The van der Waals surface area contributed by atoms with Crippen LogP contribution in [-0.2, 0) is 20.9 Å². The fraction of sp³-hybridized carbons (Fsp3) is 0.474. The third kappa shape index (κ3) is 4.61. The van der Waals surface area contributed by atoms with Gasteiger partial charge in [0, 0.05) is 10.9 Å². The number of nitrogens with zero attached hydrogens (tertiary/aromatic N) is 2. The van der Waals surface area contributed by atoms with Crippen molar-refractivity contribution in [2.45, 2.75) is 45.4 Å². The van der Waals surface area contributed by atoms with Crippen LogP contribution in [0, 0.1) is 5.92 Å². The summed E-state index contributed by atoms with van der Waals surface area (Å²) in [7, 11) is 0. The van der Waals surface area contributed by atoms with Crippen molar-refractivity contribution in [2.24, 2.45) is 5.92 Å². The molecular weight excluding hydrogens is 450 g/mol. The number of rotatable bonds is 6. The monoisotopic (exact) mass is 469 g/mol. The number of carbonyl (C=O) groups is 2. The van der Waals surface area contributed by atoms with Gasteiger partial charge in [0.1, 0.15) is 6.10 Å². The number of esters is 1. The van der Waals surface area contributed by atoms with Gasteiger partial charge < -0.3 is 10.1 Å². The molecule has 2 unspecified atom stereocenters. The van der Waals surface area contributed by atoms with Crippen LogP contribution < -0.4 is 10.9 Å². The molecule has 150 valence electrons. The Morgan fingerprint density at radius 3 is 2.89 bits per heavy atom. The van der Waals surface area contributed by atoms with Crippen molar-refractivity contribution in [3.05, 3.63) is 38.3 Å². The summed E-state index contributed by atoms with van der Waals surface area (Å²) in [6.07, 6.45) is 1.87. The molecule has 0 saturated carbocycles. The lowest BCUT2D eigenvalue weighted by molar-refractivity contribution is -0.153. The van der Waals surface area contributed by atoms with E-state index in [4.69, 9.17) is 16.3 Å². The second-order valence-corrected chi connectivity index (χ2v) is 8.44. The number of fused-ring (bicyclic) bond motifs is 1. The molecule has 28 heavy (non-hydrogen) atoms. The molecule has 1 saturated heterocycles. The van der Waals surface area contributed by atoms with Gasteiger partial charge >= 0.3 is 5.97 Å². The van der Waals surface area contributed by atoms with Crippen LogP contribution in [0.3, 0.4) is 0 Å². The highest BCUT2D eigenvalue weighted by Gasteiger charge is 2.32. The van der Waals surface area contributed by atoms with Gasteiger partial charge in [-0.05, 0) is 41.0 Å². The lowest BCUT2D eigenvalue weighted by Gasteiger charge is -2.20. The summed E-state index contributed by atoms with van der Waals surface area (Å²) in [4.78, 5) is 41.3. The van der Waals surface area contributed by atoms with Crippen LogP contribution in [0.5, 0.6) is 0 Å². The minimum atomic E-state index is -0.332. The molecule has 1 N–H and O–H groups in total. The number of carbonyl (C=O) groups excluding carboxylic acids is 2. The summed E-state index contributed by atoms with van der Waals surface area (Å²) >= 11 is 9.37. The van der Waals surface area contributed by atoms with E-state index in [1.807, 2.05) is 0 Å². The first-order valence-corrected chi connectivity index (χ1v) is 10.2. The van der Waals surface area contributed by atoms with Gasteiger partial charge in [0.2, 0.25) is 0 Å². The van der Waals surface area contributed by atoms with Crippen LogP contribution in [0.1, 0.15) is 26.7 Å². The van der Waals surface area contributed by atoms with Crippen molar-refractivity contribution < 1.29 is 14.3 Å². The lowest BCUT2D eigenvalue weighted by Crippen LogP contribution is -2.37. The van der Waals surface area contributed by atoms with E-state index >= 15 is 0 Å². The molecule has 3 rings (SSSR count). The highest BCUT2D eigenvalue weighted by atomic mass is 79.9. The van der Waals surface area contributed by atoms with Crippen molar-refractivity contribution in [3.63, 3.8) is 0 Å². The smallest absolute Gasteiger partial charge is 0.308 e. The Hall–Kier alpha value is -1.77. The molecule has 1 aromatic carbocycles. The molecular formula is C19H21BrClN3O4. The Labute approximate surface area is 175 Å².